The number of nitrogens with one attached hydrogen (secondary N) is 1. The molecule has 1 saturated heterocycles. The van der Waals surface area contributed by atoms with Crippen molar-refractivity contribution in [3.8, 4) is 5.75 Å². The van der Waals surface area contributed by atoms with Crippen molar-refractivity contribution in [2.24, 2.45) is 22.7 Å². The normalized spacial score (nSPS) is 33.7. The van der Waals surface area contributed by atoms with E-state index in [0.29, 0.717) is 30.4 Å². The number of hydrogen-bond acceptors (Lipinski definition) is 14. The number of amides is 1. The number of aliphatic hydroxyl groups is 1. The topological polar surface area (TPSA) is 216 Å². The number of ketones is 2. The predicted octanol–water partition coefficient (Wildman–Crippen LogP) is 4.22. The molecule has 1 aliphatic heterocycles. The molecule has 2 N–H and O–H groups in total. The van der Waals surface area contributed by atoms with Crippen LogP contribution < -0.4 is 10.1 Å². The first kappa shape index (κ1) is 41.9. The number of allylic oxidation sites excluding steroid dienone is 4. The highest BCUT2D eigenvalue weighted by Gasteiger charge is 2.80. The van der Waals surface area contributed by atoms with Gasteiger partial charge in [0.05, 0.1) is 25.4 Å². The largest absolute Gasteiger partial charge is 0.514 e. The van der Waals surface area contributed by atoms with Gasteiger partial charge in [-0.15, -0.1) is 10.1 Å². The highest BCUT2D eigenvalue weighted by molar-refractivity contribution is 6.01. The molecule has 1 aromatic rings. The van der Waals surface area contributed by atoms with E-state index >= 15 is 4.39 Å². The number of ether oxygens (including phenoxy) is 5. The molecule has 0 aromatic heterocycles. The van der Waals surface area contributed by atoms with Crippen molar-refractivity contribution in [2.45, 2.75) is 115 Å². The van der Waals surface area contributed by atoms with Crippen LogP contribution in [-0.4, -0.2) is 94.9 Å². The molecule has 57 heavy (non-hydrogen) atoms. The summed E-state index contributed by atoms with van der Waals surface area (Å²) < 4.78 is 46.4. The minimum absolute atomic E-state index is 0.0351. The number of fused-ring (bicyclic) bond motifs is 7. The van der Waals surface area contributed by atoms with Gasteiger partial charge in [0, 0.05) is 30.1 Å². The lowest BCUT2D eigenvalue weighted by molar-refractivity contribution is -0.757. The highest BCUT2D eigenvalue weighted by Crippen LogP contribution is 2.72. The average Bonchev–Trinajstić information content (AvgIpc) is 3.54. The third-order valence-corrected chi connectivity index (χ3v) is 12.6. The van der Waals surface area contributed by atoms with E-state index < -0.39 is 93.5 Å². The number of unbranched alkanes of at least 4 members (excludes halogenated alkanes) is 1. The van der Waals surface area contributed by atoms with Crippen LogP contribution in [0.2, 0.25) is 0 Å². The maximum atomic E-state index is 17.7. The molecule has 4 aliphatic carbocycles. The summed E-state index contributed by atoms with van der Waals surface area (Å²) in [6.07, 6.45) is 2.41. The molecule has 0 radical (unpaired) electrons. The van der Waals surface area contributed by atoms with Crippen molar-refractivity contribution in [2.75, 3.05) is 19.8 Å². The second-order valence-corrected chi connectivity index (χ2v) is 16.4. The molecule has 1 amide bonds. The number of aliphatic hydroxyl groups excluding tert-OH is 1. The van der Waals surface area contributed by atoms with E-state index in [1.165, 1.54) is 31.2 Å². The van der Waals surface area contributed by atoms with Gasteiger partial charge in [-0.05, 0) is 95.1 Å². The zero-order valence-corrected chi connectivity index (χ0v) is 32.6. The minimum Gasteiger partial charge on any atom is -0.464 e. The lowest BCUT2D eigenvalue weighted by atomic mass is 9.44. The van der Waals surface area contributed by atoms with Gasteiger partial charge in [-0.25, -0.2) is 14.0 Å². The molecule has 3 unspecified atom stereocenters. The fraction of sp³-hybridized carbons (Fsp3) is 0.625. The van der Waals surface area contributed by atoms with E-state index in [1.807, 2.05) is 6.92 Å². The molecule has 0 spiro atoms. The van der Waals surface area contributed by atoms with E-state index in [2.05, 4.69) is 10.2 Å². The third kappa shape index (κ3) is 7.56. The Morgan fingerprint density at radius 2 is 1.77 bits per heavy atom. The maximum absolute atomic E-state index is 17.7. The Morgan fingerprint density at radius 1 is 1.07 bits per heavy atom. The molecule has 0 bridgehead atoms. The van der Waals surface area contributed by atoms with E-state index in [0.717, 1.165) is 0 Å². The maximum Gasteiger partial charge on any atom is 0.514 e. The molecule has 16 nitrogen and oxygen atoms in total. The Labute approximate surface area is 328 Å². The van der Waals surface area contributed by atoms with Crippen LogP contribution in [0.25, 0.3) is 0 Å². The monoisotopic (exact) mass is 800 g/mol. The van der Waals surface area contributed by atoms with Crippen LogP contribution >= 0.6 is 0 Å². The SMILES string of the molecule is CC(=O)NC(Cc1ccc(OC(=O)OCC(=O)[C@@]23OC(C)(C)O[C@@H]2CC2C4CCC5=CC(=O)C=C[C@]5(C)[C@@]4(F)[C@@H](O)C[C@@]23C)cc1)C(=O)OCCCCO[N+](=O)[O-]. The van der Waals surface area contributed by atoms with Crippen LogP contribution in [0, 0.1) is 32.8 Å². The number of benzene rings is 1. The van der Waals surface area contributed by atoms with Crippen LogP contribution in [-0.2, 0) is 49.4 Å². The first-order valence-electron chi connectivity index (χ1n) is 19.1. The molecule has 1 aromatic carbocycles. The van der Waals surface area contributed by atoms with Crippen LogP contribution in [0.15, 0.2) is 48.1 Å². The summed E-state index contributed by atoms with van der Waals surface area (Å²) in [5.74, 6) is -4.31. The molecule has 310 valence electrons. The average molecular weight is 801 g/mol. The van der Waals surface area contributed by atoms with Gasteiger partial charge in [-0.1, -0.05) is 30.7 Å². The number of halogens is 1. The van der Waals surface area contributed by atoms with Gasteiger partial charge < -0.3 is 38.9 Å². The Morgan fingerprint density at radius 3 is 2.46 bits per heavy atom. The van der Waals surface area contributed by atoms with E-state index in [4.69, 9.17) is 23.7 Å². The summed E-state index contributed by atoms with van der Waals surface area (Å²) >= 11 is 0. The summed E-state index contributed by atoms with van der Waals surface area (Å²) in [4.78, 5) is 78.4. The van der Waals surface area contributed by atoms with Gasteiger partial charge in [-0.3, -0.25) is 14.4 Å². The van der Waals surface area contributed by atoms with E-state index in [-0.39, 0.29) is 50.4 Å². The standard InChI is InChI=1S/C40H49FN2O14/c1-23(44)42-30(34(48)52-16-6-7-17-54-43(50)51)18-24-8-11-27(12-9-24)55-35(49)53-22-32(47)40-33(56-36(2,3)57-40)20-29-28-13-10-25-19-26(45)14-15-37(25,4)39(28,41)31(46)21-38(29,40)5/h8-9,11-12,14-15,19,28-31,33,46H,6-7,10,13,16-18,20-22H2,1-5H3,(H,42,44)/t28?,29?,30?,31-,33+,37-,38-,39-,40+/m0/s1. The Balaban J connectivity index is 1.09. The summed E-state index contributed by atoms with van der Waals surface area (Å²) in [5, 5.41) is 23.7. The molecule has 17 heteroatoms. The van der Waals surface area contributed by atoms with Crippen molar-refractivity contribution in [1.82, 2.24) is 5.32 Å². The van der Waals surface area contributed by atoms with Crippen molar-refractivity contribution in [3.05, 3.63) is 63.7 Å². The minimum atomic E-state index is -2.12. The third-order valence-electron chi connectivity index (χ3n) is 12.6. The van der Waals surface area contributed by atoms with Crippen LogP contribution in [0.1, 0.15) is 78.7 Å². The fourth-order valence-electron chi connectivity index (χ4n) is 10.2. The van der Waals surface area contributed by atoms with Gasteiger partial charge in [0.15, 0.2) is 29.4 Å². The number of alkyl halides is 1. The first-order chi connectivity index (χ1) is 26.8. The quantitative estimate of drug-likeness (QED) is 0.0886. The second kappa shape index (κ2) is 15.5. The molecule has 5 aliphatic rings. The number of nitrogens with zero attached hydrogens (tertiary/aromatic N) is 1. The first-order valence-corrected chi connectivity index (χ1v) is 19.1. The van der Waals surface area contributed by atoms with E-state index in [1.54, 1.807) is 39.0 Å². The lowest BCUT2D eigenvalue weighted by Gasteiger charge is -2.62. The van der Waals surface area contributed by atoms with Crippen LogP contribution in [0.3, 0.4) is 0 Å². The van der Waals surface area contributed by atoms with Crippen LogP contribution in [0.4, 0.5) is 9.18 Å². The van der Waals surface area contributed by atoms with Gasteiger partial charge in [-0.2, -0.15) is 0 Å². The lowest BCUT2D eigenvalue weighted by Crippen LogP contribution is -2.70. The zero-order valence-electron chi connectivity index (χ0n) is 32.6. The Bertz CT molecular complexity index is 1870. The number of rotatable bonds is 14. The molecule has 4 fully saturated rings. The molecule has 1 heterocycles. The number of hydrogen-bond donors (Lipinski definition) is 2. The molecule has 3 saturated carbocycles. The Kier molecular flexibility index (Phi) is 11.4. The summed E-state index contributed by atoms with van der Waals surface area (Å²) in [6.45, 7) is 7.18. The van der Waals surface area contributed by atoms with Gasteiger partial charge >= 0.3 is 12.1 Å². The molecular weight excluding hydrogens is 751 g/mol. The summed E-state index contributed by atoms with van der Waals surface area (Å²) in [7, 11) is 0. The summed E-state index contributed by atoms with van der Waals surface area (Å²) in [6, 6.07) is 4.96. The number of carbonyl (C=O) groups excluding carboxylic acids is 5. The Hall–Kier alpha value is -4.74. The number of esters is 1. The molecule has 9 atom stereocenters. The van der Waals surface area contributed by atoms with Gasteiger partial charge in [0.25, 0.3) is 5.09 Å². The smallest absolute Gasteiger partial charge is 0.464 e. The fourth-order valence-corrected chi connectivity index (χ4v) is 10.2. The van der Waals surface area contributed by atoms with E-state index in [9.17, 15) is 39.2 Å². The molecular formula is C40H49FN2O14. The zero-order chi connectivity index (χ0) is 41.6. The van der Waals surface area contributed by atoms with Crippen molar-refractivity contribution >= 4 is 29.6 Å². The summed E-state index contributed by atoms with van der Waals surface area (Å²) in [5.41, 5.74) is -4.93. The van der Waals surface area contributed by atoms with Crippen LogP contribution in [0.5, 0.6) is 5.75 Å². The van der Waals surface area contributed by atoms with Crippen molar-refractivity contribution < 1.29 is 67.1 Å². The highest BCUT2D eigenvalue weighted by atomic mass is 19.1. The van der Waals surface area contributed by atoms with Gasteiger partial charge in [0.2, 0.25) is 11.7 Å². The van der Waals surface area contributed by atoms with Crippen molar-refractivity contribution in [1.29, 1.82) is 0 Å². The second-order valence-electron chi connectivity index (χ2n) is 16.4. The predicted molar refractivity (Wildman–Crippen MR) is 194 cm³/mol. The molecule has 6 rings (SSSR count). The number of carbonyl (C=O) groups is 5. The number of Topliss-reactive ketones (excluding diaryl/α,β-unsaturated/α-hetero) is 1. The van der Waals surface area contributed by atoms with Gasteiger partial charge in [0.1, 0.15) is 11.8 Å². The van der Waals surface area contributed by atoms with Crippen molar-refractivity contribution in [3.63, 3.8) is 0 Å².